The number of aryl methyl sites for hydroxylation is 1. The monoisotopic (exact) mass is 359 g/mol. The van der Waals surface area contributed by atoms with Crippen molar-refractivity contribution >= 4 is 17.6 Å². The molecular formula is C21H31N2O3+. The minimum Gasteiger partial charge on any atom is -0.465 e. The van der Waals surface area contributed by atoms with Crippen molar-refractivity contribution in [3.8, 4) is 0 Å². The maximum atomic E-state index is 13.4. The van der Waals surface area contributed by atoms with Crippen LogP contribution in [0.1, 0.15) is 61.4 Å². The van der Waals surface area contributed by atoms with Crippen molar-refractivity contribution in [2.24, 2.45) is 0 Å². The molecule has 0 spiro atoms. The van der Waals surface area contributed by atoms with Crippen molar-refractivity contribution in [3.63, 3.8) is 0 Å². The molecule has 1 aliphatic heterocycles. The molecule has 0 atom stereocenters. The van der Waals surface area contributed by atoms with Crippen molar-refractivity contribution in [2.75, 3.05) is 32.1 Å². The van der Waals surface area contributed by atoms with Gasteiger partial charge in [-0.3, -0.25) is 4.79 Å². The predicted molar refractivity (Wildman–Crippen MR) is 102 cm³/mol. The van der Waals surface area contributed by atoms with Gasteiger partial charge in [0.2, 0.25) is 0 Å². The van der Waals surface area contributed by atoms with Gasteiger partial charge in [-0.05, 0) is 51.2 Å². The van der Waals surface area contributed by atoms with Crippen LogP contribution < -0.4 is 5.32 Å². The first-order valence-corrected chi connectivity index (χ1v) is 9.85. The van der Waals surface area contributed by atoms with Crippen LogP contribution in [0.2, 0.25) is 0 Å². The molecule has 1 saturated carbocycles. The number of rotatable bonds is 5. The fraction of sp³-hybridized carbons (Fsp3) is 0.619. The minimum atomic E-state index is -0.414. The number of hydrogen-bond donors (Lipinski definition) is 1. The van der Waals surface area contributed by atoms with Crippen molar-refractivity contribution in [1.82, 2.24) is 0 Å². The molecule has 2 fully saturated rings. The lowest BCUT2D eigenvalue weighted by Gasteiger charge is -2.43. The van der Waals surface area contributed by atoms with E-state index in [0.29, 0.717) is 11.3 Å². The van der Waals surface area contributed by atoms with E-state index in [-0.39, 0.29) is 11.4 Å². The predicted octanol–water partition coefficient (Wildman–Crippen LogP) is 3.66. The molecule has 26 heavy (non-hydrogen) atoms. The first-order chi connectivity index (χ1) is 12.5. The lowest BCUT2D eigenvalue weighted by molar-refractivity contribution is -0.950. The molecule has 2 aliphatic rings. The molecule has 1 aromatic rings. The number of para-hydroxylation sites is 1. The van der Waals surface area contributed by atoms with Gasteiger partial charge < -0.3 is 14.5 Å². The van der Waals surface area contributed by atoms with Crippen LogP contribution in [0, 0.1) is 6.92 Å². The third-order valence-corrected chi connectivity index (χ3v) is 6.50. The van der Waals surface area contributed by atoms with Gasteiger partial charge in [0.15, 0.2) is 5.54 Å². The second kappa shape index (κ2) is 7.39. The molecule has 0 unspecified atom stereocenters. The Balaban J connectivity index is 1.90. The van der Waals surface area contributed by atoms with Crippen LogP contribution in [-0.4, -0.2) is 48.6 Å². The normalized spacial score (nSPS) is 20.7. The number of likely N-dealkylation sites (tertiary alicyclic amines) is 1. The number of nitrogens with zero attached hydrogens (tertiary/aromatic N) is 1. The van der Waals surface area contributed by atoms with E-state index in [0.717, 1.165) is 42.5 Å². The van der Waals surface area contributed by atoms with Gasteiger partial charge >= 0.3 is 5.97 Å². The van der Waals surface area contributed by atoms with E-state index in [4.69, 9.17) is 4.74 Å². The summed E-state index contributed by atoms with van der Waals surface area (Å²) in [5, 5.41) is 3.12. The fourth-order valence-electron chi connectivity index (χ4n) is 4.72. The Labute approximate surface area is 156 Å². The summed E-state index contributed by atoms with van der Waals surface area (Å²) in [6, 6.07) is 5.45. The maximum Gasteiger partial charge on any atom is 0.339 e. The Morgan fingerprint density at radius 3 is 2.35 bits per heavy atom. The zero-order valence-corrected chi connectivity index (χ0v) is 16.3. The average Bonchev–Trinajstić information content (AvgIpc) is 3.47. The van der Waals surface area contributed by atoms with Crippen LogP contribution in [0.5, 0.6) is 0 Å². The molecule has 0 radical (unpaired) electrons. The van der Waals surface area contributed by atoms with E-state index in [9.17, 15) is 9.59 Å². The highest BCUT2D eigenvalue weighted by molar-refractivity contribution is 6.05. The molecule has 1 saturated heterocycles. The standard InChI is InChI=1S/C21H30N2O3/c1-4-23(14-7-5-6-8-15-23)21(12-13-21)20(25)22-18-16(2)10-9-11-17(18)19(24)26-3/h9-11H,4-8,12-15H2,1-3H3/p+1. The molecule has 142 valence electrons. The molecule has 5 nitrogen and oxygen atoms in total. The number of likely N-dealkylation sites (N-methyl/N-ethyl adjacent to an activating group) is 1. The van der Waals surface area contributed by atoms with E-state index in [2.05, 4.69) is 12.2 Å². The zero-order valence-electron chi connectivity index (χ0n) is 16.3. The number of amides is 1. The highest BCUT2D eigenvalue weighted by atomic mass is 16.5. The Hall–Kier alpha value is -1.88. The molecule has 1 heterocycles. The van der Waals surface area contributed by atoms with Crippen LogP contribution in [0.15, 0.2) is 18.2 Å². The van der Waals surface area contributed by atoms with Gasteiger partial charge in [-0.2, -0.15) is 0 Å². The van der Waals surface area contributed by atoms with Crippen LogP contribution in [0.4, 0.5) is 5.69 Å². The second-order valence-electron chi connectivity index (χ2n) is 7.80. The van der Waals surface area contributed by atoms with E-state index in [1.54, 1.807) is 6.07 Å². The van der Waals surface area contributed by atoms with Gasteiger partial charge in [0.1, 0.15) is 0 Å². The van der Waals surface area contributed by atoms with Gasteiger partial charge in [0.05, 0.1) is 38.0 Å². The van der Waals surface area contributed by atoms with Gasteiger partial charge in [-0.15, -0.1) is 0 Å². The van der Waals surface area contributed by atoms with E-state index >= 15 is 0 Å². The zero-order chi connectivity index (χ0) is 18.8. The quantitative estimate of drug-likeness (QED) is 0.645. The largest absolute Gasteiger partial charge is 0.465 e. The summed E-state index contributed by atoms with van der Waals surface area (Å²) in [4.78, 5) is 25.5. The number of quaternary nitrogens is 1. The number of hydrogen-bond acceptors (Lipinski definition) is 3. The SMILES string of the molecule is CC[N+]1(C2(C(=O)Nc3c(C)cccc3C(=O)OC)CC2)CCCCCC1. The highest BCUT2D eigenvalue weighted by Crippen LogP contribution is 2.49. The van der Waals surface area contributed by atoms with Crippen molar-refractivity contribution < 1.29 is 18.8 Å². The molecule has 1 aliphatic carbocycles. The Morgan fingerprint density at radius 2 is 1.81 bits per heavy atom. The van der Waals surface area contributed by atoms with E-state index in [1.807, 2.05) is 19.1 Å². The van der Waals surface area contributed by atoms with Crippen LogP contribution in [0.25, 0.3) is 0 Å². The lowest BCUT2D eigenvalue weighted by Crippen LogP contribution is -2.62. The van der Waals surface area contributed by atoms with Crippen LogP contribution in [0.3, 0.4) is 0 Å². The summed E-state index contributed by atoms with van der Waals surface area (Å²) < 4.78 is 5.80. The fourth-order valence-corrected chi connectivity index (χ4v) is 4.72. The molecular weight excluding hydrogens is 328 g/mol. The molecule has 5 heteroatoms. The Bertz CT molecular complexity index is 686. The molecule has 3 rings (SSSR count). The van der Waals surface area contributed by atoms with Crippen molar-refractivity contribution in [1.29, 1.82) is 0 Å². The molecule has 1 aromatic carbocycles. The summed E-state index contributed by atoms with van der Waals surface area (Å²) in [5.41, 5.74) is 1.58. The number of ether oxygens (including phenoxy) is 1. The smallest absolute Gasteiger partial charge is 0.339 e. The maximum absolute atomic E-state index is 13.4. The molecule has 1 N–H and O–H groups in total. The number of carbonyl (C=O) groups is 2. The van der Waals surface area contributed by atoms with Gasteiger partial charge in [-0.1, -0.05) is 12.1 Å². The van der Waals surface area contributed by atoms with Crippen LogP contribution >= 0.6 is 0 Å². The van der Waals surface area contributed by atoms with Gasteiger partial charge in [0.25, 0.3) is 5.91 Å². The first-order valence-electron chi connectivity index (χ1n) is 9.85. The Kier molecular flexibility index (Phi) is 5.37. The third-order valence-electron chi connectivity index (χ3n) is 6.50. The lowest BCUT2D eigenvalue weighted by atomic mass is 10.0. The summed E-state index contributed by atoms with van der Waals surface area (Å²) in [7, 11) is 1.37. The molecule has 1 amide bonds. The number of esters is 1. The number of methoxy groups -OCH3 is 1. The molecule has 0 bridgehead atoms. The van der Waals surface area contributed by atoms with Gasteiger partial charge in [0, 0.05) is 12.8 Å². The average molecular weight is 359 g/mol. The third kappa shape index (κ3) is 3.13. The second-order valence-corrected chi connectivity index (χ2v) is 7.80. The van der Waals surface area contributed by atoms with E-state index < -0.39 is 5.97 Å². The number of benzene rings is 1. The van der Waals surface area contributed by atoms with Crippen LogP contribution in [-0.2, 0) is 9.53 Å². The number of anilines is 1. The van der Waals surface area contributed by atoms with Gasteiger partial charge in [-0.25, -0.2) is 4.79 Å². The summed E-state index contributed by atoms with van der Waals surface area (Å²) in [6.45, 7) is 7.29. The summed E-state index contributed by atoms with van der Waals surface area (Å²) >= 11 is 0. The highest BCUT2D eigenvalue weighted by Gasteiger charge is 2.64. The number of nitrogens with one attached hydrogen (secondary N) is 1. The number of carbonyl (C=O) groups excluding carboxylic acids is 2. The topological polar surface area (TPSA) is 55.4 Å². The summed E-state index contributed by atoms with van der Waals surface area (Å²) in [5.74, 6) is -0.344. The first kappa shape index (κ1) is 18.9. The Morgan fingerprint density at radius 1 is 1.15 bits per heavy atom. The minimum absolute atomic E-state index is 0.0701. The van der Waals surface area contributed by atoms with Crippen molar-refractivity contribution in [3.05, 3.63) is 29.3 Å². The van der Waals surface area contributed by atoms with E-state index in [1.165, 1.54) is 32.8 Å². The molecule has 0 aromatic heterocycles. The summed E-state index contributed by atoms with van der Waals surface area (Å²) in [6.07, 6.45) is 6.80. The van der Waals surface area contributed by atoms with Crippen molar-refractivity contribution in [2.45, 2.75) is 57.9 Å².